The third-order valence-electron chi connectivity index (χ3n) is 6.33. The van der Waals surface area contributed by atoms with Gasteiger partial charge in [0, 0.05) is 24.8 Å². The van der Waals surface area contributed by atoms with Gasteiger partial charge in [-0.25, -0.2) is 9.59 Å². The summed E-state index contributed by atoms with van der Waals surface area (Å²) in [5, 5.41) is 0. The second kappa shape index (κ2) is 10.4. The molecular weight excluding hydrogens is 488 g/mol. The van der Waals surface area contributed by atoms with Crippen LogP contribution in [-0.2, 0) is 18.9 Å². The number of carbonyl (C=O) groups is 2. The SMILES string of the molecule is O=C(O[C@H]1CO[C@@H]2[C@H]1OC[C@@H]2OC(=O)c1ccc(-c2ccccn2)nc1)c1ccc(-c2ccccn2)nc1. The molecule has 6 rings (SSSR count). The molecule has 0 bridgehead atoms. The molecule has 0 unspecified atom stereocenters. The van der Waals surface area contributed by atoms with E-state index in [0.29, 0.717) is 33.9 Å². The van der Waals surface area contributed by atoms with Gasteiger partial charge in [-0.3, -0.25) is 19.9 Å². The van der Waals surface area contributed by atoms with E-state index in [0.717, 1.165) is 0 Å². The normalized spacial score (nSPS) is 22.0. The van der Waals surface area contributed by atoms with E-state index in [1.165, 1.54) is 12.4 Å². The summed E-state index contributed by atoms with van der Waals surface area (Å²) in [6, 6.07) is 17.8. The van der Waals surface area contributed by atoms with E-state index in [9.17, 15) is 9.59 Å². The average Bonchev–Trinajstić information content (AvgIpc) is 3.57. The first kappa shape index (κ1) is 23.8. The van der Waals surface area contributed by atoms with Gasteiger partial charge in [0.25, 0.3) is 0 Å². The van der Waals surface area contributed by atoms with Crippen molar-refractivity contribution in [1.82, 2.24) is 19.9 Å². The molecule has 2 aliphatic heterocycles. The summed E-state index contributed by atoms with van der Waals surface area (Å²) in [6.07, 6.45) is 3.91. The molecule has 0 aromatic carbocycles. The van der Waals surface area contributed by atoms with Crippen LogP contribution >= 0.6 is 0 Å². The Kier molecular flexibility index (Phi) is 6.55. The van der Waals surface area contributed by atoms with Crippen molar-refractivity contribution in [2.45, 2.75) is 24.4 Å². The first-order valence-electron chi connectivity index (χ1n) is 12.1. The predicted molar refractivity (Wildman–Crippen MR) is 133 cm³/mol. The maximum atomic E-state index is 12.7. The van der Waals surface area contributed by atoms with Crippen LogP contribution in [0.5, 0.6) is 0 Å². The van der Waals surface area contributed by atoms with Crippen LogP contribution in [0.3, 0.4) is 0 Å². The highest BCUT2D eigenvalue weighted by molar-refractivity contribution is 5.90. The molecule has 190 valence electrons. The lowest BCUT2D eigenvalue weighted by Gasteiger charge is -2.17. The molecule has 2 aliphatic rings. The second-order valence-electron chi connectivity index (χ2n) is 8.78. The second-order valence-corrected chi connectivity index (χ2v) is 8.78. The Morgan fingerprint density at radius 2 is 1.05 bits per heavy atom. The summed E-state index contributed by atoms with van der Waals surface area (Å²) in [4.78, 5) is 42.6. The van der Waals surface area contributed by atoms with Gasteiger partial charge in [-0.05, 0) is 48.5 Å². The number of ether oxygens (including phenoxy) is 4. The van der Waals surface area contributed by atoms with Crippen molar-refractivity contribution in [3.8, 4) is 22.8 Å². The van der Waals surface area contributed by atoms with E-state index in [1.54, 1.807) is 36.7 Å². The minimum Gasteiger partial charge on any atom is -0.453 e. The Labute approximate surface area is 217 Å². The molecule has 4 atom stereocenters. The van der Waals surface area contributed by atoms with Crippen molar-refractivity contribution in [2.75, 3.05) is 13.2 Å². The number of esters is 2. The molecule has 6 heterocycles. The zero-order chi connectivity index (χ0) is 25.9. The quantitative estimate of drug-likeness (QED) is 0.358. The summed E-state index contributed by atoms with van der Waals surface area (Å²) in [5.41, 5.74) is 3.32. The fourth-order valence-electron chi connectivity index (χ4n) is 4.40. The number of carbonyl (C=O) groups excluding carboxylic acids is 2. The molecule has 0 spiro atoms. The van der Waals surface area contributed by atoms with Gasteiger partial charge < -0.3 is 18.9 Å². The summed E-state index contributed by atoms with van der Waals surface area (Å²) >= 11 is 0. The molecular formula is C28H22N4O6. The van der Waals surface area contributed by atoms with Crippen LogP contribution in [0.15, 0.2) is 85.5 Å². The molecule has 0 aliphatic carbocycles. The Bertz CT molecular complexity index is 1310. The topological polar surface area (TPSA) is 123 Å². The van der Waals surface area contributed by atoms with Gasteiger partial charge in [0.2, 0.25) is 0 Å². The number of hydrogen-bond donors (Lipinski definition) is 0. The van der Waals surface area contributed by atoms with Crippen LogP contribution in [0.1, 0.15) is 20.7 Å². The highest BCUT2D eigenvalue weighted by Crippen LogP contribution is 2.31. The smallest absolute Gasteiger partial charge is 0.340 e. The Morgan fingerprint density at radius 1 is 0.605 bits per heavy atom. The molecule has 0 radical (unpaired) electrons. The number of hydrogen-bond acceptors (Lipinski definition) is 10. The molecule has 0 saturated carbocycles. The zero-order valence-electron chi connectivity index (χ0n) is 20.0. The third kappa shape index (κ3) is 4.86. The fourth-order valence-corrected chi connectivity index (χ4v) is 4.40. The lowest BCUT2D eigenvalue weighted by atomic mass is 10.1. The predicted octanol–water partition coefficient (Wildman–Crippen LogP) is 3.15. The first-order valence-corrected chi connectivity index (χ1v) is 12.1. The highest BCUT2D eigenvalue weighted by atomic mass is 16.7. The number of aromatic nitrogens is 4. The number of pyridine rings is 4. The summed E-state index contributed by atoms with van der Waals surface area (Å²) in [5.74, 6) is -1.08. The van der Waals surface area contributed by atoms with Crippen LogP contribution in [0.25, 0.3) is 22.8 Å². The van der Waals surface area contributed by atoms with Crippen molar-refractivity contribution in [1.29, 1.82) is 0 Å². The average molecular weight is 511 g/mol. The van der Waals surface area contributed by atoms with E-state index in [2.05, 4.69) is 19.9 Å². The van der Waals surface area contributed by atoms with Crippen molar-refractivity contribution in [3.63, 3.8) is 0 Å². The van der Waals surface area contributed by atoms with E-state index >= 15 is 0 Å². The molecule has 0 amide bonds. The molecule has 10 heteroatoms. The zero-order valence-corrected chi connectivity index (χ0v) is 20.0. The van der Waals surface area contributed by atoms with Gasteiger partial charge >= 0.3 is 11.9 Å². The molecule has 38 heavy (non-hydrogen) atoms. The van der Waals surface area contributed by atoms with Crippen LogP contribution < -0.4 is 0 Å². The van der Waals surface area contributed by atoms with E-state index in [4.69, 9.17) is 18.9 Å². The summed E-state index contributed by atoms with van der Waals surface area (Å²) < 4.78 is 22.9. The number of rotatable bonds is 6. The molecule has 10 nitrogen and oxygen atoms in total. The van der Waals surface area contributed by atoms with Gasteiger partial charge in [0.05, 0.1) is 47.1 Å². The summed E-state index contributed by atoms with van der Waals surface area (Å²) in [6.45, 7) is 0.268. The Morgan fingerprint density at radius 3 is 1.42 bits per heavy atom. The molecule has 4 aromatic heterocycles. The maximum absolute atomic E-state index is 12.7. The van der Waals surface area contributed by atoms with Gasteiger partial charge in [-0.15, -0.1) is 0 Å². The first-order chi connectivity index (χ1) is 18.7. The highest BCUT2D eigenvalue weighted by Gasteiger charge is 2.51. The van der Waals surface area contributed by atoms with Crippen molar-refractivity contribution < 1.29 is 28.5 Å². The van der Waals surface area contributed by atoms with E-state index in [1.807, 2.05) is 36.4 Å². The van der Waals surface area contributed by atoms with Crippen molar-refractivity contribution in [2.24, 2.45) is 0 Å². The van der Waals surface area contributed by atoms with Crippen LogP contribution in [-0.4, -0.2) is 69.5 Å². The lowest BCUT2D eigenvalue weighted by molar-refractivity contribution is -0.0287. The van der Waals surface area contributed by atoms with Crippen LogP contribution in [0.2, 0.25) is 0 Å². The molecule has 2 fully saturated rings. The Hall–Kier alpha value is -4.54. The van der Waals surface area contributed by atoms with Gasteiger partial charge in [0.1, 0.15) is 12.2 Å². The van der Waals surface area contributed by atoms with Crippen molar-refractivity contribution >= 4 is 11.9 Å². The largest absolute Gasteiger partial charge is 0.453 e. The van der Waals surface area contributed by atoms with Gasteiger partial charge in [-0.1, -0.05) is 12.1 Å². The van der Waals surface area contributed by atoms with Crippen LogP contribution in [0, 0.1) is 0 Å². The molecule has 2 saturated heterocycles. The minimum absolute atomic E-state index is 0.134. The van der Waals surface area contributed by atoms with Crippen molar-refractivity contribution in [3.05, 3.63) is 96.6 Å². The third-order valence-corrected chi connectivity index (χ3v) is 6.33. The van der Waals surface area contributed by atoms with Crippen LogP contribution in [0.4, 0.5) is 0 Å². The summed E-state index contributed by atoms with van der Waals surface area (Å²) in [7, 11) is 0. The molecule has 0 N–H and O–H groups in total. The number of fused-ring (bicyclic) bond motifs is 1. The molecule has 4 aromatic rings. The van der Waals surface area contributed by atoms with Gasteiger partial charge in [-0.2, -0.15) is 0 Å². The Balaban J connectivity index is 1.05. The lowest BCUT2D eigenvalue weighted by Crippen LogP contribution is -2.36. The fraction of sp³-hybridized carbons (Fsp3) is 0.214. The number of nitrogens with zero attached hydrogens (tertiary/aromatic N) is 4. The van der Waals surface area contributed by atoms with E-state index < -0.39 is 36.4 Å². The minimum atomic E-state index is -0.633. The van der Waals surface area contributed by atoms with Gasteiger partial charge in [0.15, 0.2) is 12.2 Å². The van der Waals surface area contributed by atoms with E-state index in [-0.39, 0.29) is 13.2 Å². The maximum Gasteiger partial charge on any atom is 0.340 e. The standard InChI is InChI=1S/C28H22N4O6/c33-27(17-7-9-21(31-13-17)19-5-1-3-11-29-19)37-23-15-35-26-24(16-36-25(23)26)38-28(34)18-8-10-22(32-14-18)20-6-2-4-12-30-20/h1-14,23-26H,15-16H2/t23-,24-,25-,26-/m0/s1. The monoisotopic (exact) mass is 510 g/mol.